The highest BCUT2D eigenvalue weighted by Crippen LogP contribution is 2.00. The van der Waals surface area contributed by atoms with Crippen molar-refractivity contribution < 1.29 is 5.11 Å². The van der Waals surface area contributed by atoms with Gasteiger partial charge in [-0.15, -0.1) is 0 Å². The summed E-state index contributed by atoms with van der Waals surface area (Å²) in [5, 5.41) is 8.66. The molecule has 0 heterocycles. The van der Waals surface area contributed by atoms with E-state index in [1.165, 1.54) is 5.57 Å². The van der Waals surface area contributed by atoms with E-state index in [-0.39, 0.29) is 6.61 Å². The monoisotopic (exact) mass is 154 g/mol. The summed E-state index contributed by atoms with van der Waals surface area (Å²) in [6, 6.07) is 0. The first-order valence-electron chi connectivity index (χ1n) is 4.06. The molecule has 0 aromatic heterocycles. The summed E-state index contributed by atoms with van der Waals surface area (Å²) in [6.45, 7) is 6.34. The van der Waals surface area contributed by atoms with Crippen molar-refractivity contribution in [3.8, 4) is 0 Å². The Hall–Kier alpha value is -0.560. The van der Waals surface area contributed by atoms with Crippen LogP contribution < -0.4 is 0 Å². The lowest BCUT2D eigenvalue weighted by atomic mass is 10.2. The smallest absolute Gasteiger partial charge is 0.0639 e. The van der Waals surface area contributed by atoms with Gasteiger partial charge in [0.05, 0.1) is 6.61 Å². The van der Waals surface area contributed by atoms with Gasteiger partial charge in [0.25, 0.3) is 0 Å². The molecule has 0 unspecified atom stereocenters. The molecule has 0 aromatic carbocycles. The second kappa shape index (κ2) is 6.17. The van der Waals surface area contributed by atoms with E-state index in [9.17, 15) is 0 Å². The zero-order valence-corrected chi connectivity index (χ0v) is 7.72. The van der Waals surface area contributed by atoms with E-state index in [0.29, 0.717) is 0 Å². The molecule has 64 valence electrons. The highest BCUT2D eigenvalue weighted by molar-refractivity contribution is 5.00. The van der Waals surface area contributed by atoms with E-state index in [1.807, 2.05) is 6.92 Å². The van der Waals surface area contributed by atoms with E-state index in [0.717, 1.165) is 18.4 Å². The highest BCUT2D eigenvalue weighted by Gasteiger charge is 1.83. The normalized spacial score (nSPS) is 11.5. The van der Waals surface area contributed by atoms with Crippen LogP contribution >= 0.6 is 0 Å². The number of unbranched alkanes of at least 4 members (excludes halogenated alkanes) is 1. The van der Waals surface area contributed by atoms with Crippen LogP contribution in [0.25, 0.3) is 0 Å². The molecule has 11 heavy (non-hydrogen) atoms. The maximum atomic E-state index is 8.66. The Morgan fingerprint density at radius 1 is 1.09 bits per heavy atom. The molecule has 1 heteroatoms. The topological polar surface area (TPSA) is 20.2 Å². The molecule has 0 rings (SSSR count). The van der Waals surface area contributed by atoms with Gasteiger partial charge in [0, 0.05) is 0 Å². The predicted molar refractivity (Wildman–Crippen MR) is 49.5 cm³/mol. The van der Waals surface area contributed by atoms with Crippen LogP contribution in [0.1, 0.15) is 33.6 Å². The van der Waals surface area contributed by atoms with Gasteiger partial charge < -0.3 is 5.11 Å². The van der Waals surface area contributed by atoms with E-state index in [1.54, 1.807) is 0 Å². The molecular weight excluding hydrogens is 136 g/mol. The average molecular weight is 154 g/mol. The first-order valence-corrected chi connectivity index (χ1v) is 4.06. The molecule has 0 aliphatic rings. The van der Waals surface area contributed by atoms with Gasteiger partial charge in [-0.05, 0) is 33.6 Å². The van der Waals surface area contributed by atoms with E-state index in [4.69, 9.17) is 5.11 Å². The third-order valence-corrected chi connectivity index (χ3v) is 1.46. The Morgan fingerprint density at radius 3 is 2.09 bits per heavy atom. The number of aliphatic hydroxyl groups excluding tert-OH is 1. The number of hydrogen-bond donors (Lipinski definition) is 1. The van der Waals surface area contributed by atoms with Crippen molar-refractivity contribution in [2.24, 2.45) is 0 Å². The van der Waals surface area contributed by atoms with Crippen molar-refractivity contribution in [2.45, 2.75) is 33.6 Å². The predicted octanol–water partition coefficient (Wildman–Crippen LogP) is 2.67. The maximum Gasteiger partial charge on any atom is 0.0639 e. The molecule has 0 spiro atoms. The van der Waals surface area contributed by atoms with Gasteiger partial charge in [-0.2, -0.15) is 0 Å². The van der Waals surface area contributed by atoms with Gasteiger partial charge in [-0.3, -0.25) is 0 Å². The van der Waals surface area contributed by atoms with E-state index >= 15 is 0 Å². The van der Waals surface area contributed by atoms with Gasteiger partial charge in [-0.1, -0.05) is 23.3 Å². The molecule has 0 radical (unpaired) electrons. The van der Waals surface area contributed by atoms with Crippen molar-refractivity contribution in [2.75, 3.05) is 6.61 Å². The van der Waals surface area contributed by atoms with Gasteiger partial charge in [0.15, 0.2) is 0 Å². The van der Waals surface area contributed by atoms with Crippen LogP contribution in [0.5, 0.6) is 0 Å². The van der Waals surface area contributed by atoms with Crippen LogP contribution in [0, 0.1) is 0 Å². The Kier molecular flexibility index (Phi) is 5.86. The van der Waals surface area contributed by atoms with Crippen LogP contribution in [0.3, 0.4) is 0 Å². The van der Waals surface area contributed by atoms with Crippen molar-refractivity contribution in [3.63, 3.8) is 0 Å². The van der Waals surface area contributed by atoms with Gasteiger partial charge in [-0.25, -0.2) is 0 Å². The molecule has 0 bridgehead atoms. The largest absolute Gasteiger partial charge is 0.392 e. The first-order chi connectivity index (χ1) is 5.16. The van der Waals surface area contributed by atoms with Crippen LogP contribution in [0.15, 0.2) is 23.3 Å². The van der Waals surface area contributed by atoms with Crippen LogP contribution in [0.2, 0.25) is 0 Å². The zero-order valence-electron chi connectivity index (χ0n) is 7.72. The van der Waals surface area contributed by atoms with Crippen molar-refractivity contribution in [3.05, 3.63) is 23.3 Å². The summed E-state index contributed by atoms with van der Waals surface area (Å²) in [7, 11) is 0. The second-order valence-electron chi connectivity index (χ2n) is 3.07. The van der Waals surface area contributed by atoms with E-state index < -0.39 is 0 Å². The van der Waals surface area contributed by atoms with Gasteiger partial charge in [0.2, 0.25) is 0 Å². The maximum absolute atomic E-state index is 8.66. The molecule has 0 aromatic rings. The van der Waals surface area contributed by atoms with Gasteiger partial charge >= 0.3 is 0 Å². The minimum absolute atomic E-state index is 0.189. The summed E-state index contributed by atoms with van der Waals surface area (Å²) in [5.41, 5.74) is 2.42. The Morgan fingerprint density at radius 2 is 1.64 bits per heavy atom. The molecule has 0 aliphatic carbocycles. The molecule has 0 aliphatic heterocycles. The minimum atomic E-state index is 0.189. The molecule has 0 amide bonds. The lowest BCUT2D eigenvalue weighted by Crippen LogP contribution is -1.82. The minimum Gasteiger partial charge on any atom is -0.392 e. The summed E-state index contributed by atoms with van der Waals surface area (Å²) in [6.07, 6.45) is 6.41. The van der Waals surface area contributed by atoms with Crippen LogP contribution in [-0.2, 0) is 0 Å². The molecule has 0 atom stereocenters. The fraction of sp³-hybridized carbons (Fsp3) is 0.600. The standard InChI is InChI=1S/C10H18O/c1-9(2)6-4-5-7-10(3)8-11/h6-7,11H,4-5,8H2,1-3H3. The SMILES string of the molecule is CC(C)=CCCC=C(C)CO. The molecule has 0 saturated carbocycles. The number of allylic oxidation sites excluding steroid dienone is 3. The summed E-state index contributed by atoms with van der Waals surface area (Å²) < 4.78 is 0. The Balaban J connectivity index is 3.49. The van der Waals surface area contributed by atoms with Crippen molar-refractivity contribution in [1.29, 1.82) is 0 Å². The number of aliphatic hydroxyl groups is 1. The Bertz CT molecular complexity index is 150. The number of rotatable bonds is 4. The third kappa shape index (κ3) is 7.34. The molecule has 0 fully saturated rings. The van der Waals surface area contributed by atoms with Crippen molar-refractivity contribution >= 4 is 0 Å². The lowest BCUT2D eigenvalue weighted by Gasteiger charge is -1.93. The summed E-state index contributed by atoms with van der Waals surface area (Å²) >= 11 is 0. The van der Waals surface area contributed by atoms with E-state index in [2.05, 4.69) is 26.0 Å². The first kappa shape index (κ1) is 10.4. The molecular formula is C10H18O. The average Bonchev–Trinajstić information content (AvgIpc) is 1.97. The molecule has 1 N–H and O–H groups in total. The quantitative estimate of drug-likeness (QED) is 0.487. The van der Waals surface area contributed by atoms with Crippen LogP contribution in [-0.4, -0.2) is 11.7 Å². The molecule has 1 nitrogen and oxygen atoms in total. The molecule has 0 saturated heterocycles. The lowest BCUT2D eigenvalue weighted by molar-refractivity contribution is 0.331. The third-order valence-electron chi connectivity index (χ3n) is 1.46. The Labute approximate surface area is 69.4 Å². The van der Waals surface area contributed by atoms with Gasteiger partial charge in [0.1, 0.15) is 0 Å². The summed E-state index contributed by atoms with van der Waals surface area (Å²) in [5.74, 6) is 0. The highest BCUT2D eigenvalue weighted by atomic mass is 16.3. The fourth-order valence-corrected chi connectivity index (χ4v) is 0.766. The number of hydrogen-bond acceptors (Lipinski definition) is 1. The van der Waals surface area contributed by atoms with Crippen molar-refractivity contribution in [1.82, 2.24) is 0 Å². The second-order valence-corrected chi connectivity index (χ2v) is 3.07. The zero-order chi connectivity index (χ0) is 8.69. The fourth-order valence-electron chi connectivity index (χ4n) is 0.766. The van der Waals surface area contributed by atoms with Crippen LogP contribution in [0.4, 0.5) is 0 Å². The summed E-state index contributed by atoms with van der Waals surface area (Å²) in [4.78, 5) is 0.